The molecular formula is C3H3IrN2. The monoisotopic (exact) mass is 260 g/mol. The Bertz CT molecular complexity index is 112. The molecule has 0 aliphatic heterocycles. The van der Waals surface area contributed by atoms with Gasteiger partial charge in [-0.05, 0) is 0 Å². The average molecular weight is 259 g/mol. The Morgan fingerprint density at radius 1 is 1.67 bits per heavy atom. The fourth-order valence-corrected chi connectivity index (χ4v) is 0.556. The number of rotatable bonds is 0. The van der Waals surface area contributed by atoms with Crippen molar-refractivity contribution >= 4 is 0 Å². The van der Waals surface area contributed by atoms with Crippen molar-refractivity contribution in [3.8, 4) is 0 Å². The van der Waals surface area contributed by atoms with Gasteiger partial charge in [-0.2, -0.15) is 0 Å². The van der Waals surface area contributed by atoms with Crippen molar-refractivity contribution in [2.24, 2.45) is 0 Å². The summed E-state index contributed by atoms with van der Waals surface area (Å²) in [4.78, 5) is 3.78. The summed E-state index contributed by atoms with van der Waals surface area (Å²) in [5, 5.41) is 0. The van der Waals surface area contributed by atoms with Crippen LogP contribution in [0.3, 0.4) is 0 Å². The molecule has 2 nitrogen and oxygen atoms in total. The van der Waals surface area contributed by atoms with Gasteiger partial charge in [-0.15, -0.1) is 0 Å². The van der Waals surface area contributed by atoms with Gasteiger partial charge in [-0.3, -0.25) is 0 Å². The van der Waals surface area contributed by atoms with Crippen LogP contribution in [0.25, 0.3) is 0 Å². The summed E-state index contributed by atoms with van der Waals surface area (Å²) in [6.45, 7) is 0. The molecule has 0 radical (unpaired) electrons. The molecule has 0 atom stereocenters. The topological polar surface area (TPSA) is 17.8 Å². The Morgan fingerprint density at radius 3 is 2.67 bits per heavy atom. The van der Waals surface area contributed by atoms with E-state index in [4.69, 9.17) is 0 Å². The van der Waals surface area contributed by atoms with Crippen LogP contribution >= 0.6 is 0 Å². The van der Waals surface area contributed by atoms with Crippen LogP contribution in [-0.4, -0.2) is 8.22 Å². The van der Waals surface area contributed by atoms with E-state index >= 15 is 0 Å². The summed E-state index contributed by atoms with van der Waals surface area (Å²) in [6.07, 6.45) is 5.39. The zero-order valence-electron chi connectivity index (χ0n) is 2.96. The Morgan fingerprint density at radius 2 is 2.50 bits per heavy atom. The predicted molar refractivity (Wildman–Crippen MR) is 17.6 cm³/mol. The second-order valence-electron chi connectivity index (χ2n) is 0.884. The van der Waals surface area contributed by atoms with Gasteiger partial charge >= 0.3 is 46.1 Å². The van der Waals surface area contributed by atoms with Gasteiger partial charge in [0.25, 0.3) is 0 Å². The zero-order chi connectivity index (χ0) is 4.41. The van der Waals surface area contributed by atoms with Crippen molar-refractivity contribution in [2.45, 2.75) is 0 Å². The SMILES string of the molecule is [Ir][n]1ccnc1. The van der Waals surface area contributed by atoms with Crippen molar-refractivity contribution in [2.75, 3.05) is 0 Å². The quantitative estimate of drug-likeness (QED) is 0.650. The summed E-state index contributed by atoms with van der Waals surface area (Å²) in [7, 11) is 0. The number of hydrogen-bond donors (Lipinski definition) is 0. The molecule has 1 aromatic heterocycles. The van der Waals surface area contributed by atoms with E-state index in [1.807, 2.05) is 28.6 Å². The summed E-state index contributed by atoms with van der Waals surface area (Å²) in [5.74, 6) is 0. The van der Waals surface area contributed by atoms with Crippen molar-refractivity contribution in [3.63, 3.8) is 0 Å². The Kier molecular flexibility index (Phi) is 1.03. The molecule has 0 bridgehead atoms. The van der Waals surface area contributed by atoms with Gasteiger partial charge in [-0.25, -0.2) is 0 Å². The summed E-state index contributed by atoms with van der Waals surface area (Å²) in [6, 6.07) is 0. The van der Waals surface area contributed by atoms with Crippen LogP contribution in [-0.2, 0) is 19.1 Å². The molecule has 0 aliphatic rings. The third-order valence-corrected chi connectivity index (χ3v) is 1.09. The first kappa shape index (κ1) is 4.03. The molecule has 1 aromatic rings. The first-order chi connectivity index (χ1) is 2.89. The van der Waals surface area contributed by atoms with Gasteiger partial charge in [0.15, 0.2) is 0 Å². The number of aromatic nitrogens is 2. The van der Waals surface area contributed by atoms with Crippen molar-refractivity contribution < 1.29 is 19.1 Å². The average Bonchev–Trinajstić information content (AvgIpc) is 1.86. The third kappa shape index (κ3) is 0.671. The molecule has 0 fully saturated rings. The third-order valence-electron chi connectivity index (χ3n) is 0.460. The molecule has 6 heavy (non-hydrogen) atoms. The molecule has 0 saturated carbocycles. The summed E-state index contributed by atoms with van der Waals surface area (Å²) >= 11 is 1.94. The Hall–Kier alpha value is -0.141. The Labute approximate surface area is 46.6 Å². The predicted octanol–water partition coefficient (Wildman–Crippen LogP) is 0.193. The minimum atomic E-state index is 1.75. The van der Waals surface area contributed by atoms with Crippen molar-refractivity contribution in [1.82, 2.24) is 8.22 Å². The standard InChI is InChI=1S/C3H3N2.Ir/c1-2-5-3-4-1;/h1-3H;/q-1;+1. The van der Waals surface area contributed by atoms with E-state index in [0.29, 0.717) is 0 Å². The van der Waals surface area contributed by atoms with Crippen LogP contribution in [0, 0.1) is 0 Å². The van der Waals surface area contributed by atoms with E-state index in [9.17, 15) is 0 Å². The fourth-order valence-electron chi connectivity index (χ4n) is 0.237. The first-order valence-corrected chi connectivity index (χ1v) is 2.59. The summed E-state index contributed by atoms with van der Waals surface area (Å²) in [5.41, 5.74) is 0. The molecule has 0 N–H and O–H groups in total. The van der Waals surface area contributed by atoms with E-state index in [-0.39, 0.29) is 0 Å². The molecule has 0 spiro atoms. The molecule has 1 heterocycles. The van der Waals surface area contributed by atoms with Gasteiger partial charge in [0.2, 0.25) is 0 Å². The normalized spacial score (nSPS) is 9.00. The van der Waals surface area contributed by atoms with Crippen LogP contribution in [0.5, 0.6) is 0 Å². The van der Waals surface area contributed by atoms with Crippen LogP contribution in [0.2, 0.25) is 0 Å². The second kappa shape index (κ2) is 1.54. The van der Waals surface area contributed by atoms with Crippen LogP contribution in [0.4, 0.5) is 0 Å². The van der Waals surface area contributed by atoms with Crippen molar-refractivity contribution in [1.29, 1.82) is 0 Å². The maximum absolute atomic E-state index is 3.78. The van der Waals surface area contributed by atoms with Gasteiger partial charge in [-0.1, -0.05) is 0 Å². The first-order valence-electron chi connectivity index (χ1n) is 1.52. The molecule has 0 aliphatic carbocycles. The van der Waals surface area contributed by atoms with Crippen LogP contribution < -0.4 is 0 Å². The molecule has 1 rings (SSSR count). The van der Waals surface area contributed by atoms with Gasteiger partial charge in [0, 0.05) is 0 Å². The minimum absolute atomic E-state index is 1.75. The molecule has 0 unspecified atom stereocenters. The van der Waals surface area contributed by atoms with E-state index in [1.165, 1.54) is 0 Å². The number of imidazole rings is 1. The summed E-state index contributed by atoms with van der Waals surface area (Å²) < 4.78 is 1.89. The number of nitrogens with zero attached hydrogens (tertiary/aromatic N) is 2. The van der Waals surface area contributed by atoms with Gasteiger partial charge < -0.3 is 0 Å². The zero-order valence-corrected chi connectivity index (χ0v) is 5.35. The van der Waals surface area contributed by atoms with E-state index in [2.05, 4.69) is 4.98 Å². The van der Waals surface area contributed by atoms with Gasteiger partial charge in [0.1, 0.15) is 0 Å². The molecule has 0 aromatic carbocycles. The fraction of sp³-hybridized carbons (Fsp3) is 0. The van der Waals surface area contributed by atoms with Gasteiger partial charge in [0.05, 0.1) is 0 Å². The molecule has 0 saturated heterocycles. The molecule has 34 valence electrons. The second-order valence-corrected chi connectivity index (χ2v) is 2.12. The molecule has 3 heteroatoms. The Balaban J connectivity index is 3.05. The van der Waals surface area contributed by atoms with E-state index < -0.39 is 0 Å². The molecule has 0 amide bonds. The van der Waals surface area contributed by atoms with Crippen LogP contribution in [0.1, 0.15) is 0 Å². The van der Waals surface area contributed by atoms with Crippen LogP contribution in [0.15, 0.2) is 18.7 Å². The van der Waals surface area contributed by atoms with E-state index in [1.54, 1.807) is 12.5 Å². The maximum atomic E-state index is 3.78. The number of hydrogen-bond acceptors (Lipinski definition) is 1. The van der Waals surface area contributed by atoms with Crippen molar-refractivity contribution in [3.05, 3.63) is 18.7 Å². The molecular weight excluding hydrogens is 256 g/mol. The van der Waals surface area contributed by atoms with E-state index in [0.717, 1.165) is 0 Å².